The quantitative estimate of drug-likeness (QED) is 0.828. The van der Waals surface area contributed by atoms with E-state index in [0.29, 0.717) is 28.3 Å². The van der Waals surface area contributed by atoms with Gasteiger partial charge in [0, 0.05) is 11.6 Å². The van der Waals surface area contributed by atoms with Gasteiger partial charge in [0.05, 0.1) is 23.8 Å². The fraction of sp³-hybridized carbons (Fsp3) is 0.222. The number of benzene rings is 1. The third-order valence-electron chi connectivity index (χ3n) is 4.08. The number of nitrogens with zero attached hydrogens (tertiary/aromatic N) is 2. The van der Waals surface area contributed by atoms with Crippen molar-refractivity contribution in [2.75, 3.05) is 6.61 Å². The highest BCUT2D eigenvalue weighted by Crippen LogP contribution is 2.43. The Balaban J connectivity index is 2.35. The van der Waals surface area contributed by atoms with Crippen LogP contribution in [0.15, 0.2) is 46.6 Å². The normalized spacial score (nSPS) is 16.0. The van der Waals surface area contributed by atoms with Crippen LogP contribution in [-0.4, -0.2) is 16.5 Å². The van der Waals surface area contributed by atoms with Gasteiger partial charge < -0.3 is 20.4 Å². The Hall–Kier alpha value is -3.40. The second-order valence-corrected chi connectivity index (χ2v) is 5.58. The van der Waals surface area contributed by atoms with E-state index in [2.05, 4.69) is 0 Å². The summed E-state index contributed by atoms with van der Waals surface area (Å²) in [6.07, 6.45) is 0. The molecule has 0 fully saturated rings. The van der Waals surface area contributed by atoms with Gasteiger partial charge in [-0.15, -0.1) is 0 Å². The summed E-state index contributed by atoms with van der Waals surface area (Å²) in [7, 11) is 0. The summed E-state index contributed by atoms with van der Waals surface area (Å²) in [5.41, 5.74) is 6.40. The fourth-order valence-electron chi connectivity index (χ4n) is 2.96. The minimum Gasteiger partial charge on any atom is -0.494 e. The van der Waals surface area contributed by atoms with Gasteiger partial charge in [-0.2, -0.15) is 9.99 Å². The number of hydrogen-bond acceptors (Lipinski definition) is 6. The van der Waals surface area contributed by atoms with Gasteiger partial charge >= 0.3 is 0 Å². The van der Waals surface area contributed by atoms with Gasteiger partial charge in [-0.25, -0.2) is 0 Å². The maximum Gasteiger partial charge on any atom is 0.291 e. The van der Waals surface area contributed by atoms with Crippen molar-refractivity contribution in [3.05, 3.63) is 69.0 Å². The number of para-hydroxylation sites is 1. The first kappa shape index (κ1) is 16.5. The zero-order chi connectivity index (χ0) is 18.1. The third kappa shape index (κ3) is 2.58. The van der Waals surface area contributed by atoms with Crippen molar-refractivity contribution in [2.45, 2.75) is 19.8 Å². The molecule has 1 aromatic heterocycles. The molecule has 0 amide bonds. The molecule has 0 spiro atoms. The number of hydrogen-bond donors (Lipinski definition) is 2. The maximum atomic E-state index is 12.7. The zero-order valence-corrected chi connectivity index (χ0v) is 13.8. The van der Waals surface area contributed by atoms with Crippen molar-refractivity contribution in [1.82, 2.24) is 4.73 Å². The molecular weight excluding hydrogens is 322 g/mol. The van der Waals surface area contributed by atoms with Crippen LogP contribution in [0.25, 0.3) is 0 Å². The van der Waals surface area contributed by atoms with E-state index in [1.807, 2.05) is 13.0 Å². The average molecular weight is 339 g/mol. The van der Waals surface area contributed by atoms with Crippen LogP contribution in [0.3, 0.4) is 0 Å². The van der Waals surface area contributed by atoms with Crippen molar-refractivity contribution >= 4 is 0 Å². The molecule has 0 unspecified atom stereocenters. The Bertz CT molecular complexity index is 969. The zero-order valence-electron chi connectivity index (χ0n) is 13.8. The lowest BCUT2D eigenvalue weighted by atomic mass is 9.83. The smallest absolute Gasteiger partial charge is 0.291 e. The lowest BCUT2D eigenvalue weighted by molar-refractivity contribution is 0.165. The van der Waals surface area contributed by atoms with Crippen LogP contribution in [0.4, 0.5) is 0 Å². The molecule has 7 heteroatoms. The van der Waals surface area contributed by atoms with Crippen molar-refractivity contribution in [1.29, 1.82) is 5.26 Å². The lowest BCUT2D eigenvalue weighted by Crippen LogP contribution is -2.32. The van der Waals surface area contributed by atoms with E-state index < -0.39 is 11.5 Å². The fourth-order valence-corrected chi connectivity index (χ4v) is 2.96. The summed E-state index contributed by atoms with van der Waals surface area (Å²) in [6.45, 7) is 3.83. The first-order valence-corrected chi connectivity index (χ1v) is 7.74. The second kappa shape index (κ2) is 6.24. The van der Waals surface area contributed by atoms with Crippen molar-refractivity contribution in [3.63, 3.8) is 0 Å². The molecule has 2 heterocycles. The van der Waals surface area contributed by atoms with Crippen LogP contribution in [-0.2, 0) is 0 Å². The lowest BCUT2D eigenvalue weighted by Gasteiger charge is -2.27. The molecule has 3 rings (SSSR count). The summed E-state index contributed by atoms with van der Waals surface area (Å²) in [6, 6.07) is 10.6. The highest BCUT2D eigenvalue weighted by Gasteiger charge is 2.36. The number of ether oxygens (including phenoxy) is 2. The minimum absolute atomic E-state index is 0.0687. The maximum absolute atomic E-state index is 12.7. The summed E-state index contributed by atoms with van der Waals surface area (Å²) in [5.74, 6) is -0.0998. The van der Waals surface area contributed by atoms with E-state index in [1.54, 1.807) is 31.2 Å². The van der Waals surface area contributed by atoms with Crippen LogP contribution in [0, 0.1) is 18.3 Å². The molecule has 25 heavy (non-hydrogen) atoms. The van der Waals surface area contributed by atoms with E-state index >= 15 is 0 Å². The van der Waals surface area contributed by atoms with Gasteiger partial charge in [0.25, 0.3) is 5.56 Å². The van der Waals surface area contributed by atoms with E-state index in [9.17, 15) is 15.3 Å². The van der Waals surface area contributed by atoms with E-state index in [1.165, 1.54) is 6.07 Å². The highest BCUT2D eigenvalue weighted by molar-refractivity contribution is 5.57. The summed E-state index contributed by atoms with van der Waals surface area (Å²) in [5, 5.41) is 19.6. The number of aromatic nitrogens is 1. The van der Waals surface area contributed by atoms with Crippen molar-refractivity contribution in [2.24, 2.45) is 5.73 Å². The number of rotatable bonds is 3. The van der Waals surface area contributed by atoms with Crippen molar-refractivity contribution in [3.8, 4) is 17.6 Å². The topological polar surface area (TPSA) is 110 Å². The third-order valence-corrected chi connectivity index (χ3v) is 4.08. The molecule has 1 aromatic carbocycles. The number of allylic oxidation sites excluding steroid dienone is 1. The molecule has 3 N–H and O–H groups in total. The molecule has 0 saturated heterocycles. The van der Waals surface area contributed by atoms with Gasteiger partial charge in [-0.3, -0.25) is 4.79 Å². The van der Waals surface area contributed by atoms with Crippen LogP contribution in [0.5, 0.6) is 11.5 Å². The molecule has 0 saturated carbocycles. The SMILES string of the molecule is CCOc1ccccc1[C@H]1C(C#N)=C(N)Oc2cc(C)n(O)c(=O)c21. The second-order valence-electron chi connectivity index (χ2n) is 5.58. The molecule has 0 bridgehead atoms. The summed E-state index contributed by atoms with van der Waals surface area (Å²) in [4.78, 5) is 12.7. The number of nitrogens with two attached hydrogens (primary N) is 1. The first-order chi connectivity index (χ1) is 12.0. The van der Waals surface area contributed by atoms with Crippen LogP contribution in [0.2, 0.25) is 0 Å². The minimum atomic E-state index is -0.789. The molecule has 0 radical (unpaired) electrons. The highest BCUT2D eigenvalue weighted by atomic mass is 16.5. The Morgan fingerprint density at radius 3 is 2.84 bits per heavy atom. The Labute approximate surface area is 144 Å². The molecule has 0 aliphatic carbocycles. The number of pyridine rings is 1. The summed E-state index contributed by atoms with van der Waals surface area (Å²) < 4.78 is 11.7. The van der Waals surface area contributed by atoms with Crippen LogP contribution >= 0.6 is 0 Å². The molecular formula is C18H17N3O4. The number of fused-ring (bicyclic) bond motifs is 1. The Morgan fingerprint density at radius 2 is 2.16 bits per heavy atom. The van der Waals surface area contributed by atoms with Crippen LogP contribution in [0.1, 0.15) is 29.7 Å². The molecule has 1 aliphatic rings. The molecule has 7 nitrogen and oxygen atoms in total. The van der Waals surface area contributed by atoms with Crippen molar-refractivity contribution < 1.29 is 14.7 Å². The monoisotopic (exact) mass is 339 g/mol. The van der Waals surface area contributed by atoms with E-state index in [4.69, 9.17) is 15.2 Å². The number of aryl methyl sites for hydroxylation is 1. The Morgan fingerprint density at radius 1 is 1.44 bits per heavy atom. The first-order valence-electron chi connectivity index (χ1n) is 7.74. The van der Waals surface area contributed by atoms with Gasteiger partial charge in [-0.1, -0.05) is 18.2 Å². The molecule has 1 aliphatic heterocycles. The standard InChI is InChI=1S/C18H17N3O4/c1-3-24-13-7-5-4-6-11(13)15-12(9-19)17(20)25-14-8-10(2)21(23)18(22)16(14)15/h4-8,15,23H,3,20H2,1-2H3/t15-/m0/s1. The van der Waals surface area contributed by atoms with Gasteiger partial charge in [0.2, 0.25) is 5.88 Å². The summed E-state index contributed by atoms with van der Waals surface area (Å²) >= 11 is 0. The van der Waals surface area contributed by atoms with Gasteiger partial charge in [0.15, 0.2) is 0 Å². The molecule has 128 valence electrons. The molecule has 1 atom stereocenters. The van der Waals surface area contributed by atoms with E-state index in [0.717, 1.165) is 0 Å². The van der Waals surface area contributed by atoms with Crippen LogP contribution < -0.4 is 20.8 Å². The molecule has 2 aromatic rings. The van der Waals surface area contributed by atoms with Gasteiger partial charge in [-0.05, 0) is 19.9 Å². The largest absolute Gasteiger partial charge is 0.494 e. The Kier molecular flexibility index (Phi) is 4.11. The average Bonchev–Trinajstić information content (AvgIpc) is 2.59. The van der Waals surface area contributed by atoms with Gasteiger partial charge in [0.1, 0.15) is 23.1 Å². The number of nitriles is 1. The predicted molar refractivity (Wildman–Crippen MR) is 89.5 cm³/mol. The predicted octanol–water partition coefficient (Wildman–Crippen LogP) is 2.01. The van der Waals surface area contributed by atoms with E-state index in [-0.39, 0.29) is 22.8 Å².